The molecule has 4 aromatic rings. The third-order valence-corrected chi connectivity index (χ3v) is 5.14. The number of hydrogen-bond acceptors (Lipinski definition) is 5. The van der Waals surface area contributed by atoms with Crippen molar-refractivity contribution >= 4 is 40.2 Å². The van der Waals surface area contributed by atoms with Crippen LogP contribution in [0.1, 0.15) is 23.0 Å². The van der Waals surface area contributed by atoms with Gasteiger partial charge in [0, 0.05) is 18.3 Å². The van der Waals surface area contributed by atoms with Crippen molar-refractivity contribution < 1.29 is 22.8 Å². The Morgan fingerprint density at radius 2 is 1.74 bits per heavy atom. The summed E-state index contributed by atoms with van der Waals surface area (Å²) in [6, 6.07) is 10.5. The molecule has 1 aromatic carbocycles. The summed E-state index contributed by atoms with van der Waals surface area (Å²) in [6.45, 7) is 1.37. The molecule has 0 saturated heterocycles. The summed E-state index contributed by atoms with van der Waals surface area (Å²) in [5, 5.41) is 10.7. The average molecular weight is 445 g/mol. The van der Waals surface area contributed by atoms with Crippen LogP contribution >= 0.6 is 11.3 Å². The maximum atomic E-state index is 13.6. The van der Waals surface area contributed by atoms with Crippen molar-refractivity contribution in [3.63, 3.8) is 0 Å². The van der Waals surface area contributed by atoms with Crippen LogP contribution in [0.25, 0.3) is 16.2 Å². The van der Waals surface area contributed by atoms with Crippen LogP contribution in [-0.4, -0.2) is 26.4 Å². The molecule has 2 N–H and O–H groups in total. The number of amides is 2. The fourth-order valence-electron chi connectivity index (χ4n) is 2.91. The van der Waals surface area contributed by atoms with Gasteiger partial charge in [0.25, 0.3) is 5.91 Å². The lowest BCUT2D eigenvalue weighted by atomic mass is 10.2. The van der Waals surface area contributed by atoms with E-state index in [1.807, 2.05) is 0 Å². The molecule has 31 heavy (non-hydrogen) atoms. The second kappa shape index (κ2) is 7.84. The molecule has 0 aliphatic carbocycles. The van der Waals surface area contributed by atoms with Crippen LogP contribution in [0.4, 0.5) is 24.5 Å². The molecular weight excluding hydrogens is 431 g/mol. The van der Waals surface area contributed by atoms with Gasteiger partial charge in [-0.1, -0.05) is 6.07 Å². The van der Waals surface area contributed by atoms with Crippen LogP contribution in [0, 0.1) is 0 Å². The summed E-state index contributed by atoms with van der Waals surface area (Å²) in [5.74, 6) is -0.901. The monoisotopic (exact) mass is 445 g/mol. The molecule has 0 aliphatic rings. The van der Waals surface area contributed by atoms with Crippen molar-refractivity contribution in [2.75, 3.05) is 10.6 Å². The minimum atomic E-state index is -4.69. The Morgan fingerprint density at radius 3 is 2.32 bits per heavy atom. The summed E-state index contributed by atoms with van der Waals surface area (Å²) in [4.78, 5) is 28.6. The number of thiophene rings is 1. The Bertz CT molecular complexity index is 1260. The first-order valence-electron chi connectivity index (χ1n) is 8.91. The number of aromatic nitrogens is 3. The summed E-state index contributed by atoms with van der Waals surface area (Å²) in [5.41, 5.74) is -0.299. The fraction of sp³-hybridized carbons (Fsp3) is 0.100. The molecule has 0 fully saturated rings. The van der Waals surface area contributed by atoms with Crippen molar-refractivity contribution in [1.82, 2.24) is 14.6 Å². The number of carbonyl (C=O) groups excluding carboxylic acids is 2. The molecule has 2 amide bonds. The Morgan fingerprint density at radius 1 is 1.06 bits per heavy atom. The number of benzene rings is 1. The van der Waals surface area contributed by atoms with Crippen molar-refractivity contribution in [2.45, 2.75) is 13.1 Å². The zero-order chi connectivity index (χ0) is 22.2. The number of nitrogens with one attached hydrogen (secondary N) is 2. The molecule has 0 aliphatic heterocycles. The van der Waals surface area contributed by atoms with Gasteiger partial charge in [-0.05, 0) is 41.8 Å². The zero-order valence-corrected chi connectivity index (χ0v) is 16.7. The minimum Gasteiger partial charge on any atom is -0.326 e. The number of hydrogen-bond donors (Lipinski definition) is 2. The summed E-state index contributed by atoms with van der Waals surface area (Å²) >= 11 is 1.24. The van der Waals surface area contributed by atoms with E-state index >= 15 is 0 Å². The largest absolute Gasteiger partial charge is 0.433 e. The zero-order valence-electron chi connectivity index (χ0n) is 15.9. The molecule has 0 radical (unpaired) electrons. The molecule has 3 aromatic heterocycles. The second-order valence-corrected chi connectivity index (χ2v) is 7.46. The van der Waals surface area contributed by atoms with Crippen LogP contribution < -0.4 is 10.6 Å². The number of nitrogens with zero attached hydrogens (tertiary/aromatic N) is 3. The van der Waals surface area contributed by atoms with Gasteiger partial charge in [0.1, 0.15) is 5.56 Å². The van der Waals surface area contributed by atoms with Crippen LogP contribution in [0.3, 0.4) is 0 Å². The van der Waals surface area contributed by atoms with Gasteiger partial charge in [-0.3, -0.25) is 9.59 Å². The molecule has 11 heteroatoms. The van der Waals surface area contributed by atoms with Crippen molar-refractivity contribution in [2.24, 2.45) is 0 Å². The van der Waals surface area contributed by atoms with Gasteiger partial charge in [-0.2, -0.15) is 18.3 Å². The molecule has 0 atom stereocenters. The molecule has 7 nitrogen and oxygen atoms in total. The summed E-state index contributed by atoms with van der Waals surface area (Å²) in [6.07, 6.45) is -3.64. The lowest BCUT2D eigenvalue weighted by Crippen LogP contribution is -2.15. The lowest BCUT2D eigenvalue weighted by molar-refractivity contribution is -0.142. The Kier molecular flexibility index (Phi) is 5.19. The minimum absolute atomic E-state index is 0.101. The third kappa shape index (κ3) is 4.26. The highest BCUT2D eigenvalue weighted by Gasteiger charge is 2.36. The topological polar surface area (TPSA) is 88.4 Å². The highest BCUT2D eigenvalue weighted by molar-refractivity contribution is 7.13. The normalized spacial score (nSPS) is 11.5. The number of carbonyl (C=O) groups is 2. The number of anilines is 2. The number of halogens is 3. The van der Waals surface area contributed by atoms with Gasteiger partial charge in [-0.15, -0.1) is 11.3 Å². The highest BCUT2D eigenvalue weighted by Crippen LogP contribution is 2.34. The molecular formula is C20H14F3N5O2S. The molecule has 4 rings (SSSR count). The van der Waals surface area contributed by atoms with Gasteiger partial charge in [0.05, 0.1) is 16.8 Å². The van der Waals surface area contributed by atoms with E-state index in [0.29, 0.717) is 20.8 Å². The van der Waals surface area contributed by atoms with E-state index < -0.39 is 17.8 Å². The first-order chi connectivity index (χ1) is 14.7. The summed E-state index contributed by atoms with van der Waals surface area (Å²) in [7, 11) is 0. The number of rotatable bonds is 4. The smallest absolute Gasteiger partial charge is 0.326 e. The molecule has 0 bridgehead atoms. The molecule has 0 unspecified atom stereocenters. The van der Waals surface area contributed by atoms with Crippen LogP contribution in [0.5, 0.6) is 0 Å². The number of alkyl halides is 3. The Hall–Kier alpha value is -3.73. The van der Waals surface area contributed by atoms with Gasteiger partial charge in [-0.25, -0.2) is 9.50 Å². The average Bonchev–Trinajstić information content (AvgIpc) is 3.37. The maximum absolute atomic E-state index is 13.6. The first-order valence-corrected chi connectivity index (χ1v) is 9.79. The lowest BCUT2D eigenvalue weighted by Gasteiger charge is -2.11. The van der Waals surface area contributed by atoms with Crippen LogP contribution in [0.2, 0.25) is 0 Å². The molecule has 0 saturated carbocycles. The Labute approximate surface area is 177 Å². The van der Waals surface area contributed by atoms with Crippen molar-refractivity contribution in [3.05, 3.63) is 65.3 Å². The van der Waals surface area contributed by atoms with Crippen LogP contribution in [-0.2, 0) is 11.0 Å². The maximum Gasteiger partial charge on any atom is 0.433 e. The van der Waals surface area contributed by atoms with E-state index in [9.17, 15) is 22.8 Å². The van der Waals surface area contributed by atoms with Crippen molar-refractivity contribution in [1.29, 1.82) is 0 Å². The second-order valence-electron chi connectivity index (χ2n) is 6.51. The van der Waals surface area contributed by atoms with Gasteiger partial charge < -0.3 is 10.6 Å². The SMILES string of the molecule is CC(=O)Nc1ccc(NC(=O)c2cnn3c(C(F)(F)F)cc(-c4cccs4)nc23)cc1. The molecule has 3 heterocycles. The van der Waals surface area contributed by atoms with E-state index in [2.05, 4.69) is 20.7 Å². The summed E-state index contributed by atoms with van der Waals surface area (Å²) < 4.78 is 41.4. The quantitative estimate of drug-likeness (QED) is 0.477. The van der Waals surface area contributed by atoms with E-state index in [1.165, 1.54) is 18.3 Å². The van der Waals surface area contributed by atoms with Gasteiger partial charge >= 0.3 is 6.18 Å². The predicted octanol–water partition coefficient (Wildman–Crippen LogP) is 4.69. The van der Waals surface area contributed by atoms with E-state index in [-0.39, 0.29) is 22.8 Å². The van der Waals surface area contributed by atoms with E-state index in [1.54, 1.807) is 41.8 Å². The highest BCUT2D eigenvalue weighted by atomic mass is 32.1. The Balaban J connectivity index is 1.71. The van der Waals surface area contributed by atoms with E-state index in [0.717, 1.165) is 12.3 Å². The van der Waals surface area contributed by atoms with E-state index in [4.69, 9.17) is 0 Å². The van der Waals surface area contributed by atoms with Crippen molar-refractivity contribution in [3.8, 4) is 10.6 Å². The standard InChI is InChI=1S/C20H14F3N5O2S/c1-11(29)25-12-4-6-13(7-5-12)26-19(30)14-10-24-28-17(20(21,22)23)9-15(27-18(14)28)16-3-2-8-31-16/h2-10H,1H3,(H,25,29)(H,26,30). The third-order valence-electron chi connectivity index (χ3n) is 4.24. The molecule has 158 valence electrons. The number of fused-ring (bicyclic) bond motifs is 1. The first kappa shape index (κ1) is 20.5. The van der Waals surface area contributed by atoms with Gasteiger partial charge in [0.2, 0.25) is 5.91 Å². The van der Waals surface area contributed by atoms with Crippen LogP contribution in [0.15, 0.2) is 54.0 Å². The molecule has 0 spiro atoms. The fourth-order valence-corrected chi connectivity index (χ4v) is 3.60. The predicted molar refractivity (Wildman–Crippen MR) is 110 cm³/mol. The van der Waals surface area contributed by atoms with Gasteiger partial charge in [0.15, 0.2) is 11.3 Å².